The minimum absolute atomic E-state index is 0.0842. The molecule has 1 heterocycles. The van der Waals surface area contributed by atoms with Gasteiger partial charge in [-0.15, -0.1) is 0 Å². The Hall–Kier alpha value is -1.80. The van der Waals surface area contributed by atoms with E-state index in [-0.39, 0.29) is 5.75 Å². The Morgan fingerprint density at radius 2 is 2.08 bits per heavy atom. The number of fused-ring (bicyclic) bond motifs is 1. The smallest absolute Gasteiger partial charge is 0.211 e. The van der Waals surface area contributed by atoms with Gasteiger partial charge in [-0.3, -0.25) is 4.99 Å². The number of hydrogen-bond acceptors (Lipinski definition) is 4. The van der Waals surface area contributed by atoms with E-state index in [1.807, 2.05) is 13.0 Å². The van der Waals surface area contributed by atoms with Crippen molar-refractivity contribution < 1.29 is 13.2 Å². The maximum absolute atomic E-state index is 11.4. The summed E-state index contributed by atoms with van der Waals surface area (Å²) in [6.07, 6.45) is 1.87. The van der Waals surface area contributed by atoms with Crippen molar-refractivity contribution in [1.29, 1.82) is 0 Å². The van der Waals surface area contributed by atoms with Gasteiger partial charge in [-0.2, -0.15) is 0 Å². The first kappa shape index (κ1) is 19.5. The van der Waals surface area contributed by atoms with Crippen LogP contribution in [-0.4, -0.2) is 52.9 Å². The molecule has 7 nitrogen and oxygen atoms in total. The molecule has 1 aliphatic heterocycles. The van der Waals surface area contributed by atoms with Crippen LogP contribution in [-0.2, 0) is 22.9 Å². The Morgan fingerprint density at radius 1 is 1.24 bits per heavy atom. The van der Waals surface area contributed by atoms with E-state index in [2.05, 4.69) is 32.5 Å². The van der Waals surface area contributed by atoms with Crippen LogP contribution in [0.25, 0.3) is 0 Å². The van der Waals surface area contributed by atoms with Crippen LogP contribution in [0.4, 0.5) is 0 Å². The number of rotatable bonds is 9. The van der Waals surface area contributed by atoms with Gasteiger partial charge in [-0.05, 0) is 37.5 Å². The van der Waals surface area contributed by atoms with Crippen LogP contribution < -0.4 is 20.1 Å². The summed E-state index contributed by atoms with van der Waals surface area (Å²) in [4.78, 5) is 4.39. The molecule has 0 saturated heterocycles. The number of aliphatic imine (C=N–C) groups is 1. The second-order valence-electron chi connectivity index (χ2n) is 5.78. The van der Waals surface area contributed by atoms with Crippen LogP contribution in [0.2, 0.25) is 0 Å². The fourth-order valence-corrected chi connectivity index (χ4v) is 3.14. The Balaban J connectivity index is 1.77. The number of guanidine groups is 1. The fourth-order valence-electron chi connectivity index (χ4n) is 2.53. The van der Waals surface area contributed by atoms with Gasteiger partial charge in [0.25, 0.3) is 0 Å². The number of benzene rings is 1. The molecule has 0 aliphatic carbocycles. The van der Waals surface area contributed by atoms with Gasteiger partial charge in [0.05, 0.1) is 18.9 Å². The first-order chi connectivity index (χ1) is 12.0. The van der Waals surface area contributed by atoms with Crippen LogP contribution in [0.15, 0.2) is 23.2 Å². The number of ether oxygens (including phenoxy) is 1. The molecule has 2 rings (SSSR count). The van der Waals surface area contributed by atoms with E-state index in [4.69, 9.17) is 4.74 Å². The van der Waals surface area contributed by atoms with Gasteiger partial charge in [0.1, 0.15) is 5.75 Å². The quantitative estimate of drug-likeness (QED) is 0.338. The van der Waals surface area contributed by atoms with E-state index in [0.29, 0.717) is 19.0 Å². The average molecular weight is 369 g/mol. The molecule has 1 aromatic carbocycles. The van der Waals surface area contributed by atoms with Crippen molar-refractivity contribution in [2.45, 2.75) is 26.7 Å². The van der Waals surface area contributed by atoms with Crippen molar-refractivity contribution in [2.24, 2.45) is 4.99 Å². The molecule has 0 saturated carbocycles. The molecule has 1 aromatic rings. The van der Waals surface area contributed by atoms with E-state index < -0.39 is 10.0 Å². The molecular weight excluding hydrogens is 340 g/mol. The highest BCUT2D eigenvalue weighted by Gasteiger charge is 2.11. The SMILES string of the molecule is CCNC(=NCCNS(=O)(=O)CC)NCCc1ccc2c(c1)CCO2. The molecule has 0 bridgehead atoms. The maximum atomic E-state index is 11.4. The van der Waals surface area contributed by atoms with E-state index in [0.717, 1.165) is 38.3 Å². The van der Waals surface area contributed by atoms with Crippen LogP contribution in [0.5, 0.6) is 5.75 Å². The maximum Gasteiger partial charge on any atom is 0.211 e. The van der Waals surface area contributed by atoms with E-state index in [9.17, 15) is 8.42 Å². The van der Waals surface area contributed by atoms with Crippen molar-refractivity contribution in [2.75, 3.05) is 38.5 Å². The Morgan fingerprint density at radius 3 is 2.84 bits per heavy atom. The zero-order chi connectivity index (χ0) is 18.1. The molecule has 0 atom stereocenters. The van der Waals surface area contributed by atoms with Crippen LogP contribution in [0.1, 0.15) is 25.0 Å². The number of nitrogens with zero attached hydrogens (tertiary/aromatic N) is 1. The summed E-state index contributed by atoms with van der Waals surface area (Å²) >= 11 is 0. The van der Waals surface area contributed by atoms with E-state index in [1.165, 1.54) is 11.1 Å². The van der Waals surface area contributed by atoms with Crippen LogP contribution in [0, 0.1) is 0 Å². The monoisotopic (exact) mass is 368 g/mol. The van der Waals surface area contributed by atoms with Gasteiger partial charge >= 0.3 is 0 Å². The second kappa shape index (κ2) is 9.62. The highest BCUT2D eigenvalue weighted by molar-refractivity contribution is 7.89. The molecular formula is C17H28N4O3S. The highest BCUT2D eigenvalue weighted by Crippen LogP contribution is 2.25. The molecule has 25 heavy (non-hydrogen) atoms. The highest BCUT2D eigenvalue weighted by atomic mass is 32.2. The Bertz CT molecular complexity index is 689. The van der Waals surface area contributed by atoms with Gasteiger partial charge in [-0.1, -0.05) is 12.1 Å². The first-order valence-electron chi connectivity index (χ1n) is 8.78. The third kappa shape index (κ3) is 6.55. The summed E-state index contributed by atoms with van der Waals surface area (Å²) in [5.41, 5.74) is 2.55. The fraction of sp³-hybridized carbons (Fsp3) is 0.588. The van der Waals surface area contributed by atoms with E-state index >= 15 is 0 Å². The molecule has 3 N–H and O–H groups in total. The van der Waals surface area contributed by atoms with Gasteiger partial charge in [0.15, 0.2) is 5.96 Å². The van der Waals surface area contributed by atoms with E-state index in [1.54, 1.807) is 6.92 Å². The van der Waals surface area contributed by atoms with Gasteiger partial charge < -0.3 is 15.4 Å². The molecule has 0 spiro atoms. The largest absolute Gasteiger partial charge is 0.493 e. The lowest BCUT2D eigenvalue weighted by Gasteiger charge is -2.12. The van der Waals surface area contributed by atoms with Gasteiger partial charge in [-0.25, -0.2) is 13.1 Å². The second-order valence-corrected chi connectivity index (χ2v) is 7.87. The number of nitrogens with one attached hydrogen (secondary N) is 3. The van der Waals surface area contributed by atoms with Gasteiger partial charge in [0, 0.05) is 26.1 Å². The molecule has 0 unspecified atom stereocenters. The summed E-state index contributed by atoms with van der Waals surface area (Å²) < 4.78 is 30.8. The third-order valence-electron chi connectivity index (χ3n) is 3.89. The lowest BCUT2D eigenvalue weighted by molar-refractivity contribution is 0.357. The lowest BCUT2D eigenvalue weighted by Crippen LogP contribution is -2.39. The zero-order valence-electron chi connectivity index (χ0n) is 15.0. The first-order valence-corrected chi connectivity index (χ1v) is 10.4. The Kier molecular flexibility index (Phi) is 7.52. The predicted molar refractivity (Wildman–Crippen MR) is 101 cm³/mol. The molecule has 0 amide bonds. The van der Waals surface area contributed by atoms with Crippen LogP contribution >= 0.6 is 0 Å². The van der Waals surface area contributed by atoms with Crippen molar-refractivity contribution >= 4 is 16.0 Å². The summed E-state index contributed by atoms with van der Waals surface area (Å²) in [6, 6.07) is 6.33. The standard InChI is InChI=1S/C17H28N4O3S/c1-3-18-17(20-10-11-21-25(22,23)4-2)19-9-7-14-5-6-16-15(13-14)8-12-24-16/h5-6,13,21H,3-4,7-12H2,1-2H3,(H2,18,19,20). The normalized spacial score (nSPS) is 14.1. The van der Waals surface area contributed by atoms with Crippen molar-refractivity contribution in [3.05, 3.63) is 29.3 Å². The minimum Gasteiger partial charge on any atom is -0.493 e. The summed E-state index contributed by atoms with van der Waals surface area (Å²) in [5.74, 6) is 1.78. The molecule has 0 aromatic heterocycles. The van der Waals surface area contributed by atoms with Gasteiger partial charge in [0.2, 0.25) is 10.0 Å². The summed E-state index contributed by atoms with van der Waals surface area (Å²) in [7, 11) is -3.16. The minimum atomic E-state index is -3.16. The third-order valence-corrected chi connectivity index (χ3v) is 5.29. The molecule has 0 radical (unpaired) electrons. The summed E-state index contributed by atoms with van der Waals surface area (Å²) in [6.45, 7) is 6.59. The molecule has 1 aliphatic rings. The topological polar surface area (TPSA) is 91.8 Å². The van der Waals surface area contributed by atoms with Crippen LogP contribution in [0.3, 0.4) is 0 Å². The lowest BCUT2D eigenvalue weighted by atomic mass is 10.1. The zero-order valence-corrected chi connectivity index (χ0v) is 15.8. The molecule has 0 fully saturated rings. The molecule has 140 valence electrons. The van der Waals surface area contributed by atoms with Crippen molar-refractivity contribution in [3.8, 4) is 5.75 Å². The number of sulfonamides is 1. The predicted octanol–water partition coefficient (Wildman–Crippen LogP) is 0.658. The molecule has 8 heteroatoms. The van der Waals surface area contributed by atoms with Crippen molar-refractivity contribution in [1.82, 2.24) is 15.4 Å². The summed E-state index contributed by atoms with van der Waals surface area (Å²) in [5, 5.41) is 6.44. The average Bonchev–Trinajstić information content (AvgIpc) is 3.06. The van der Waals surface area contributed by atoms with Crippen molar-refractivity contribution in [3.63, 3.8) is 0 Å². The number of hydrogen-bond donors (Lipinski definition) is 3. The Labute approximate surface area is 150 Å².